The second kappa shape index (κ2) is 8.75. The number of fused-ring (bicyclic) bond motifs is 1. The summed E-state index contributed by atoms with van der Waals surface area (Å²) >= 11 is 0. The SMILES string of the molecule is C=COC(=O)c1cn2ncnc(N)c2c1-c1ccc(NC(=O)Nc2cccc(C)n2)c(F)c1.[HH]. The van der Waals surface area contributed by atoms with Crippen molar-refractivity contribution in [3.63, 3.8) is 0 Å². The minimum absolute atomic E-state index is 0. The molecule has 4 N–H and O–H groups in total. The van der Waals surface area contributed by atoms with E-state index in [1.807, 2.05) is 0 Å². The highest BCUT2D eigenvalue weighted by Gasteiger charge is 2.23. The van der Waals surface area contributed by atoms with Crippen LogP contribution in [-0.4, -0.2) is 31.6 Å². The molecule has 4 aromatic rings. The maximum Gasteiger partial charge on any atom is 0.345 e. The molecular weight excluding hydrogens is 429 g/mol. The highest BCUT2D eigenvalue weighted by Crippen LogP contribution is 2.34. The minimum Gasteiger partial charge on any atom is -0.431 e. The molecule has 0 spiro atoms. The molecule has 11 heteroatoms. The quantitative estimate of drug-likeness (QED) is 0.309. The lowest BCUT2D eigenvalue weighted by Gasteiger charge is -2.10. The summed E-state index contributed by atoms with van der Waals surface area (Å²) in [5.41, 5.74) is 7.61. The predicted molar refractivity (Wildman–Crippen MR) is 122 cm³/mol. The largest absolute Gasteiger partial charge is 0.431 e. The topological polar surface area (TPSA) is 137 Å². The van der Waals surface area contributed by atoms with E-state index in [4.69, 9.17) is 10.5 Å². The molecule has 1 aromatic carbocycles. The number of nitrogens with zero attached hydrogens (tertiary/aromatic N) is 4. The molecule has 0 radical (unpaired) electrons. The molecule has 10 nitrogen and oxygen atoms in total. The molecule has 4 rings (SSSR count). The predicted octanol–water partition coefficient (Wildman–Crippen LogP) is 4.01. The van der Waals surface area contributed by atoms with E-state index >= 15 is 0 Å². The van der Waals surface area contributed by atoms with Crippen molar-refractivity contribution < 1.29 is 20.1 Å². The molecule has 0 unspecified atom stereocenters. The van der Waals surface area contributed by atoms with Crippen LogP contribution in [0.4, 0.5) is 26.5 Å². The lowest BCUT2D eigenvalue weighted by atomic mass is 10.0. The molecule has 3 aromatic heterocycles. The zero-order valence-corrected chi connectivity index (χ0v) is 17.4. The number of pyridine rings is 1. The van der Waals surface area contributed by atoms with E-state index in [1.165, 1.54) is 29.2 Å². The average molecular weight is 449 g/mol. The van der Waals surface area contributed by atoms with Crippen LogP contribution in [0.2, 0.25) is 0 Å². The number of carbonyl (C=O) groups excluding carboxylic acids is 2. The van der Waals surface area contributed by atoms with E-state index < -0.39 is 17.8 Å². The summed E-state index contributed by atoms with van der Waals surface area (Å²) in [6.45, 7) is 5.16. The number of nitrogens with two attached hydrogens (primary N) is 1. The summed E-state index contributed by atoms with van der Waals surface area (Å²) in [4.78, 5) is 32.8. The molecular formula is C22H20FN7O3. The van der Waals surface area contributed by atoms with E-state index in [-0.39, 0.29) is 24.1 Å². The van der Waals surface area contributed by atoms with Gasteiger partial charge in [0.25, 0.3) is 0 Å². The molecule has 0 aliphatic carbocycles. The summed E-state index contributed by atoms with van der Waals surface area (Å²) in [6, 6.07) is 8.51. The van der Waals surface area contributed by atoms with Crippen molar-refractivity contribution in [3.05, 3.63) is 78.8 Å². The number of halogens is 1. The van der Waals surface area contributed by atoms with E-state index in [0.717, 1.165) is 18.0 Å². The number of nitrogens with one attached hydrogen (secondary N) is 2. The zero-order valence-electron chi connectivity index (χ0n) is 17.4. The fourth-order valence-corrected chi connectivity index (χ4v) is 3.28. The Kier molecular flexibility index (Phi) is 5.68. The Bertz CT molecular complexity index is 1410. The molecule has 0 bridgehead atoms. The lowest BCUT2D eigenvalue weighted by Crippen LogP contribution is -2.20. The minimum atomic E-state index is -0.738. The van der Waals surface area contributed by atoms with Gasteiger partial charge in [0.05, 0.1) is 17.5 Å². The molecule has 2 amide bonds. The van der Waals surface area contributed by atoms with Gasteiger partial charge >= 0.3 is 12.0 Å². The fourth-order valence-electron chi connectivity index (χ4n) is 3.28. The van der Waals surface area contributed by atoms with Gasteiger partial charge in [0.2, 0.25) is 0 Å². The van der Waals surface area contributed by atoms with Gasteiger partial charge in [-0.05, 0) is 36.8 Å². The Morgan fingerprint density at radius 1 is 1.27 bits per heavy atom. The van der Waals surface area contributed by atoms with E-state index in [0.29, 0.717) is 16.9 Å². The number of carbonyl (C=O) groups is 2. The second-order valence-corrected chi connectivity index (χ2v) is 6.87. The molecule has 3 heterocycles. The summed E-state index contributed by atoms with van der Waals surface area (Å²) in [5, 5.41) is 9.01. The number of amides is 2. The first-order valence-corrected chi connectivity index (χ1v) is 9.62. The number of hydrogen-bond acceptors (Lipinski definition) is 7. The van der Waals surface area contributed by atoms with Crippen molar-refractivity contribution in [3.8, 4) is 11.1 Å². The first-order chi connectivity index (χ1) is 15.9. The number of aryl methyl sites for hydroxylation is 1. The molecule has 0 atom stereocenters. The number of benzene rings is 1. The molecule has 0 aliphatic heterocycles. The number of rotatable bonds is 5. The van der Waals surface area contributed by atoms with Crippen molar-refractivity contribution in [1.82, 2.24) is 19.6 Å². The summed E-state index contributed by atoms with van der Waals surface area (Å²) in [5.74, 6) is -1.05. The maximum absolute atomic E-state index is 14.9. The molecule has 0 saturated carbocycles. The van der Waals surface area contributed by atoms with Gasteiger partial charge in [0.1, 0.15) is 23.5 Å². The van der Waals surface area contributed by atoms with Gasteiger partial charge in [0.15, 0.2) is 5.82 Å². The summed E-state index contributed by atoms with van der Waals surface area (Å²) in [6.07, 6.45) is 3.61. The first-order valence-electron chi connectivity index (χ1n) is 9.62. The fraction of sp³-hybridized carbons (Fsp3) is 0.0455. The standard InChI is InChI=1S/C22H18FN7O3.H2/c1-3-33-21(31)14-10-30-19(20(24)25-11-26-30)18(14)13-7-8-16(15(23)9-13)28-22(32)29-17-6-4-5-12(2)27-17;/h3-11H,1H2,2H3,(H2,24,25,26)(H2,27,28,29,32);1H. The van der Waals surface area contributed by atoms with E-state index in [9.17, 15) is 14.0 Å². The van der Waals surface area contributed by atoms with Crippen LogP contribution >= 0.6 is 0 Å². The second-order valence-electron chi connectivity index (χ2n) is 6.87. The number of aromatic nitrogens is 4. The number of esters is 1. The summed E-state index contributed by atoms with van der Waals surface area (Å²) < 4.78 is 21.2. The third-order valence-electron chi connectivity index (χ3n) is 4.65. The van der Waals surface area contributed by atoms with Crippen LogP contribution in [0.5, 0.6) is 0 Å². The Balaban J connectivity index is 0.00000324. The highest BCUT2D eigenvalue weighted by molar-refractivity contribution is 6.05. The van der Waals surface area contributed by atoms with Crippen molar-refractivity contribution in [2.45, 2.75) is 6.92 Å². The first kappa shape index (κ1) is 21.4. The van der Waals surface area contributed by atoms with Crippen LogP contribution in [-0.2, 0) is 4.74 Å². The van der Waals surface area contributed by atoms with Crippen LogP contribution in [0.1, 0.15) is 17.5 Å². The monoisotopic (exact) mass is 449 g/mol. The Morgan fingerprint density at radius 3 is 2.82 bits per heavy atom. The third-order valence-corrected chi connectivity index (χ3v) is 4.65. The van der Waals surface area contributed by atoms with Gasteiger partial charge in [-0.25, -0.2) is 28.5 Å². The van der Waals surface area contributed by atoms with Crippen LogP contribution in [0.25, 0.3) is 16.6 Å². The Labute approximate surface area is 188 Å². The number of anilines is 3. The van der Waals surface area contributed by atoms with Gasteiger partial charge in [-0.1, -0.05) is 18.7 Å². The van der Waals surface area contributed by atoms with Gasteiger partial charge in [-0.2, -0.15) is 5.10 Å². The van der Waals surface area contributed by atoms with Crippen molar-refractivity contribution in [2.75, 3.05) is 16.4 Å². The molecule has 0 aliphatic rings. The van der Waals surface area contributed by atoms with Gasteiger partial charge in [-0.3, -0.25) is 5.32 Å². The van der Waals surface area contributed by atoms with Crippen molar-refractivity contribution in [2.24, 2.45) is 0 Å². The zero-order chi connectivity index (χ0) is 23.5. The molecule has 0 saturated heterocycles. The lowest BCUT2D eigenvalue weighted by molar-refractivity contribution is 0.0665. The number of urea groups is 1. The normalized spacial score (nSPS) is 10.6. The average Bonchev–Trinajstić information content (AvgIpc) is 3.16. The van der Waals surface area contributed by atoms with E-state index in [2.05, 4.69) is 32.3 Å². The van der Waals surface area contributed by atoms with Crippen LogP contribution in [0, 0.1) is 12.7 Å². The number of ether oxygens (including phenoxy) is 1. The molecule has 168 valence electrons. The highest BCUT2D eigenvalue weighted by atomic mass is 19.1. The Hall–Kier alpha value is -4.80. The number of nitrogen functional groups attached to an aromatic ring is 1. The molecule has 33 heavy (non-hydrogen) atoms. The van der Waals surface area contributed by atoms with Gasteiger partial charge in [0, 0.05) is 18.9 Å². The van der Waals surface area contributed by atoms with Crippen LogP contribution in [0.15, 0.2) is 61.8 Å². The Morgan fingerprint density at radius 2 is 2.09 bits per heavy atom. The summed E-state index contributed by atoms with van der Waals surface area (Å²) in [7, 11) is 0. The maximum atomic E-state index is 14.9. The third kappa shape index (κ3) is 4.32. The smallest absolute Gasteiger partial charge is 0.345 e. The van der Waals surface area contributed by atoms with Crippen LogP contribution in [0.3, 0.4) is 0 Å². The van der Waals surface area contributed by atoms with E-state index in [1.54, 1.807) is 25.1 Å². The number of hydrogen-bond donors (Lipinski definition) is 3. The van der Waals surface area contributed by atoms with Gasteiger partial charge < -0.3 is 15.8 Å². The van der Waals surface area contributed by atoms with Gasteiger partial charge in [-0.15, -0.1) is 0 Å². The van der Waals surface area contributed by atoms with Crippen molar-refractivity contribution in [1.29, 1.82) is 0 Å². The van der Waals surface area contributed by atoms with Crippen LogP contribution < -0.4 is 16.4 Å². The molecule has 0 fully saturated rings. The van der Waals surface area contributed by atoms with Crippen molar-refractivity contribution >= 4 is 34.8 Å².